The molecule has 1 aromatic carbocycles. The van der Waals surface area contributed by atoms with E-state index in [9.17, 15) is 0 Å². The summed E-state index contributed by atoms with van der Waals surface area (Å²) in [6.45, 7) is 4.65. The van der Waals surface area contributed by atoms with E-state index in [1.165, 1.54) is 5.56 Å². The Kier molecular flexibility index (Phi) is 4.63. The summed E-state index contributed by atoms with van der Waals surface area (Å²) in [5, 5.41) is 0. The van der Waals surface area contributed by atoms with Gasteiger partial charge in [-0.15, -0.1) is 0 Å². The van der Waals surface area contributed by atoms with Crippen molar-refractivity contribution in [2.75, 3.05) is 19.8 Å². The molecular weight excluding hydrogens is 262 g/mol. The molecule has 0 radical (unpaired) electrons. The number of hydrogen-bond acceptors (Lipinski definition) is 3. The van der Waals surface area contributed by atoms with Crippen LogP contribution in [0.1, 0.15) is 44.1 Å². The summed E-state index contributed by atoms with van der Waals surface area (Å²) in [5.74, 6) is 0.972. The van der Waals surface area contributed by atoms with Gasteiger partial charge in [-0.1, -0.05) is 37.3 Å². The SMILES string of the molecule is CCC(c1ccccc1)C(N)C1CCOC2(CCOC2)C1. The van der Waals surface area contributed by atoms with Crippen LogP contribution >= 0.6 is 0 Å². The maximum Gasteiger partial charge on any atom is 0.0939 e. The van der Waals surface area contributed by atoms with Gasteiger partial charge in [0, 0.05) is 25.7 Å². The van der Waals surface area contributed by atoms with Crippen LogP contribution in [0.5, 0.6) is 0 Å². The molecule has 3 rings (SSSR count). The highest BCUT2D eigenvalue weighted by Crippen LogP contribution is 2.39. The second kappa shape index (κ2) is 6.47. The summed E-state index contributed by atoms with van der Waals surface area (Å²) in [5.41, 5.74) is 8.01. The van der Waals surface area contributed by atoms with Crippen LogP contribution in [0, 0.1) is 5.92 Å². The van der Waals surface area contributed by atoms with E-state index >= 15 is 0 Å². The molecule has 3 nitrogen and oxygen atoms in total. The third-order valence-electron chi connectivity index (χ3n) is 5.27. The van der Waals surface area contributed by atoms with E-state index < -0.39 is 0 Å². The van der Waals surface area contributed by atoms with Crippen LogP contribution < -0.4 is 5.73 Å². The van der Waals surface area contributed by atoms with Crippen molar-refractivity contribution in [3.05, 3.63) is 35.9 Å². The predicted octanol–water partition coefficient (Wildman–Crippen LogP) is 3.09. The van der Waals surface area contributed by atoms with Gasteiger partial charge in [0.25, 0.3) is 0 Å². The first-order chi connectivity index (χ1) is 10.2. The summed E-state index contributed by atoms with van der Waals surface area (Å²) in [4.78, 5) is 0. The van der Waals surface area contributed by atoms with Crippen LogP contribution in [0.4, 0.5) is 0 Å². The lowest BCUT2D eigenvalue weighted by Crippen LogP contribution is -2.47. The highest BCUT2D eigenvalue weighted by atomic mass is 16.6. The first-order valence-electron chi connectivity index (χ1n) is 8.26. The molecule has 0 bridgehead atoms. The first-order valence-corrected chi connectivity index (χ1v) is 8.26. The van der Waals surface area contributed by atoms with Crippen molar-refractivity contribution in [2.45, 2.75) is 50.2 Å². The number of nitrogens with two attached hydrogens (primary N) is 1. The Morgan fingerprint density at radius 3 is 2.76 bits per heavy atom. The molecule has 4 unspecified atom stereocenters. The van der Waals surface area contributed by atoms with Crippen molar-refractivity contribution in [1.82, 2.24) is 0 Å². The minimum absolute atomic E-state index is 0.0461. The monoisotopic (exact) mass is 289 g/mol. The van der Waals surface area contributed by atoms with Gasteiger partial charge < -0.3 is 15.2 Å². The van der Waals surface area contributed by atoms with Crippen molar-refractivity contribution in [3.63, 3.8) is 0 Å². The fourth-order valence-corrected chi connectivity index (χ4v) is 4.02. The second-order valence-corrected chi connectivity index (χ2v) is 6.59. The summed E-state index contributed by atoms with van der Waals surface area (Å²) in [7, 11) is 0. The Morgan fingerprint density at radius 1 is 1.29 bits per heavy atom. The lowest BCUT2D eigenvalue weighted by Gasteiger charge is -2.41. The third-order valence-corrected chi connectivity index (χ3v) is 5.27. The van der Waals surface area contributed by atoms with E-state index in [0.29, 0.717) is 11.8 Å². The normalized spacial score (nSPS) is 32.2. The highest BCUT2D eigenvalue weighted by molar-refractivity contribution is 5.21. The van der Waals surface area contributed by atoms with Crippen LogP contribution in [0.2, 0.25) is 0 Å². The van der Waals surface area contributed by atoms with E-state index in [2.05, 4.69) is 37.3 Å². The van der Waals surface area contributed by atoms with Crippen LogP contribution in [-0.2, 0) is 9.47 Å². The van der Waals surface area contributed by atoms with Gasteiger partial charge in [0.1, 0.15) is 0 Å². The maximum atomic E-state index is 6.69. The zero-order chi connectivity index (χ0) is 14.7. The van der Waals surface area contributed by atoms with Crippen molar-refractivity contribution in [3.8, 4) is 0 Å². The molecule has 2 fully saturated rings. The van der Waals surface area contributed by atoms with Crippen LogP contribution in [0.25, 0.3) is 0 Å². The Morgan fingerprint density at radius 2 is 2.10 bits per heavy atom. The molecule has 1 spiro atoms. The van der Waals surface area contributed by atoms with Gasteiger partial charge in [-0.25, -0.2) is 0 Å². The molecule has 2 aliphatic heterocycles. The second-order valence-electron chi connectivity index (χ2n) is 6.59. The molecule has 116 valence electrons. The molecule has 0 aliphatic carbocycles. The van der Waals surface area contributed by atoms with Crippen LogP contribution in [-0.4, -0.2) is 31.5 Å². The lowest BCUT2D eigenvalue weighted by molar-refractivity contribution is -0.102. The Labute approximate surface area is 127 Å². The summed E-state index contributed by atoms with van der Waals surface area (Å²) >= 11 is 0. The van der Waals surface area contributed by atoms with Gasteiger partial charge in [-0.05, 0) is 36.7 Å². The van der Waals surface area contributed by atoms with Gasteiger partial charge >= 0.3 is 0 Å². The Bertz CT molecular complexity index is 442. The molecule has 0 aromatic heterocycles. The lowest BCUT2D eigenvalue weighted by atomic mass is 9.75. The number of ether oxygens (including phenoxy) is 2. The van der Waals surface area contributed by atoms with Gasteiger partial charge in [0.05, 0.1) is 12.2 Å². The smallest absolute Gasteiger partial charge is 0.0939 e. The van der Waals surface area contributed by atoms with Crippen LogP contribution in [0.15, 0.2) is 30.3 Å². The van der Waals surface area contributed by atoms with Gasteiger partial charge in [-0.2, -0.15) is 0 Å². The average Bonchev–Trinajstić information content (AvgIpc) is 2.97. The van der Waals surface area contributed by atoms with E-state index in [-0.39, 0.29) is 11.6 Å². The molecule has 2 heterocycles. The van der Waals surface area contributed by atoms with E-state index in [0.717, 1.165) is 45.5 Å². The molecule has 4 atom stereocenters. The average molecular weight is 289 g/mol. The molecule has 2 N–H and O–H groups in total. The van der Waals surface area contributed by atoms with Crippen molar-refractivity contribution < 1.29 is 9.47 Å². The third kappa shape index (κ3) is 3.15. The summed E-state index contributed by atoms with van der Waals surface area (Å²) < 4.78 is 11.6. The van der Waals surface area contributed by atoms with Crippen molar-refractivity contribution >= 4 is 0 Å². The van der Waals surface area contributed by atoms with Gasteiger partial charge in [0.2, 0.25) is 0 Å². The zero-order valence-electron chi connectivity index (χ0n) is 13.0. The zero-order valence-corrected chi connectivity index (χ0v) is 13.0. The van der Waals surface area contributed by atoms with E-state index in [1.54, 1.807) is 0 Å². The molecule has 2 aliphatic rings. The highest BCUT2D eigenvalue weighted by Gasteiger charge is 2.43. The quantitative estimate of drug-likeness (QED) is 0.926. The molecule has 21 heavy (non-hydrogen) atoms. The van der Waals surface area contributed by atoms with Gasteiger partial charge in [0.15, 0.2) is 0 Å². The standard InChI is InChI=1S/C18H27NO2/c1-2-16(14-6-4-3-5-7-14)17(19)15-8-10-21-18(12-15)9-11-20-13-18/h3-7,15-17H,2,8-13,19H2,1H3. The topological polar surface area (TPSA) is 44.5 Å². The van der Waals surface area contributed by atoms with Crippen LogP contribution in [0.3, 0.4) is 0 Å². The maximum absolute atomic E-state index is 6.69. The summed E-state index contributed by atoms with van der Waals surface area (Å²) in [6.07, 6.45) is 4.24. The van der Waals surface area contributed by atoms with Crippen molar-refractivity contribution in [1.29, 1.82) is 0 Å². The fourth-order valence-electron chi connectivity index (χ4n) is 4.02. The minimum Gasteiger partial charge on any atom is -0.378 e. The molecule has 1 aromatic rings. The number of rotatable bonds is 4. The number of hydrogen-bond donors (Lipinski definition) is 1. The molecule has 3 heteroatoms. The minimum atomic E-state index is -0.0461. The number of benzene rings is 1. The van der Waals surface area contributed by atoms with E-state index in [1.807, 2.05) is 0 Å². The molecule has 0 amide bonds. The van der Waals surface area contributed by atoms with Crippen molar-refractivity contribution in [2.24, 2.45) is 11.7 Å². The Balaban J connectivity index is 1.72. The molecule has 2 saturated heterocycles. The fraction of sp³-hybridized carbons (Fsp3) is 0.667. The Hall–Kier alpha value is -0.900. The molecular formula is C18H27NO2. The summed E-state index contributed by atoms with van der Waals surface area (Å²) in [6, 6.07) is 10.9. The van der Waals surface area contributed by atoms with E-state index in [4.69, 9.17) is 15.2 Å². The largest absolute Gasteiger partial charge is 0.378 e. The van der Waals surface area contributed by atoms with Gasteiger partial charge in [-0.3, -0.25) is 0 Å². The molecule has 0 saturated carbocycles. The first kappa shape index (κ1) is 15.0. The predicted molar refractivity (Wildman–Crippen MR) is 84.3 cm³/mol.